The third-order valence-corrected chi connectivity index (χ3v) is 4.74. The second kappa shape index (κ2) is 5.17. The predicted octanol–water partition coefficient (Wildman–Crippen LogP) is 1.16. The van der Waals surface area contributed by atoms with Crippen LogP contribution in [0.4, 0.5) is 0 Å². The zero-order valence-corrected chi connectivity index (χ0v) is 11.1. The highest BCUT2D eigenvalue weighted by Gasteiger charge is 2.40. The number of carbonyl (C=O) groups is 1. The largest absolute Gasteiger partial charge is 0.368 e. The first-order chi connectivity index (χ1) is 8.79. The maximum Gasteiger partial charge on any atom is 0.251 e. The van der Waals surface area contributed by atoms with Crippen molar-refractivity contribution < 1.29 is 9.53 Å². The smallest absolute Gasteiger partial charge is 0.251 e. The fourth-order valence-corrected chi connectivity index (χ4v) is 3.75. The number of piperidine rings is 2. The zero-order valence-electron chi connectivity index (χ0n) is 11.1. The maximum atomic E-state index is 12.4. The van der Waals surface area contributed by atoms with Crippen LogP contribution in [0.2, 0.25) is 0 Å². The van der Waals surface area contributed by atoms with E-state index in [9.17, 15) is 4.79 Å². The van der Waals surface area contributed by atoms with Gasteiger partial charge in [0.05, 0.1) is 0 Å². The van der Waals surface area contributed by atoms with Crippen LogP contribution in [0.1, 0.15) is 38.5 Å². The van der Waals surface area contributed by atoms with Crippen LogP contribution in [0.15, 0.2) is 0 Å². The third kappa shape index (κ3) is 2.41. The van der Waals surface area contributed by atoms with E-state index in [0.717, 1.165) is 52.0 Å². The molecule has 4 heteroatoms. The normalized spacial score (nSPS) is 37.1. The van der Waals surface area contributed by atoms with Crippen molar-refractivity contribution in [1.82, 2.24) is 10.2 Å². The van der Waals surface area contributed by atoms with Crippen LogP contribution in [-0.2, 0) is 9.53 Å². The predicted molar refractivity (Wildman–Crippen MR) is 69.3 cm³/mol. The molecule has 0 saturated carbocycles. The summed E-state index contributed by atoms with van der Waals surface area (Å²) in [6.07, 6.45) is 6.77. The van der Waals surface area contributed by atoms with Crippen LogP contribution in [-0.4, -0.2) is 49.7 Å². The van der Waals surface area contributed by atoms with Gasteiger partial charge in [-0.1, -0.05) is 0 Å². The van der Waals surface area contributed by atoms with Crippen molar-refractivity contribution in [2.75, 3.05) is 32.8 Å². The molecule has 0 aliphatic carbocycles. The van der Waals surface area contributed by atoms with Crippen molar-refractivity contribution in [1.29, 1.82) is 0 Å². The molecule has 3 fully saturated rings. The van der Waals surface area contributed by atoms with Gasteiger partial charge in [-0.2, -0.15) is 0 Å². The van der Waals surface area contributed by atoms with Gasteiger partial charge in [0.15, 0.2) is 0 Å². The Balaban J connectivity index is 1.64. The van der Waals surface area contributed by atoms with Crippen LogP contribution >= 0.6 is 0 Å². The molecule has 1 N–H and O–H groups in total. The number of hydrogen-bond acceptors (Lipinski definition) is 3. The summed E-state index contributed by atoms with van der Waals surface area (Å²) < 4.78 is 5.54. The molecular formula is C14H24N2O2. The highest BCUT2D eigenvalue weighted by atomic mass is 16.5. The molecule has 0 aromatic carbocycles. The molecule has 1 spiro atoms. The standard InChI is InChI=1S/C14H24N2O2/c17-13(12-4-1-9-18-12)16-8-3-6-14(11-16)5-2-7-15-10-14/h12,15H,1-11H2. The molecule has 2 unspecified atom stereocenters. The Morgan fingerprint density at radius 1 is 1.28 bits per heavy atom. The number of rotatable bonds is 1. The van der Waals surface area contributed by atoms with Crippen LogP contribution < -0.4 is 5.32 Å². The van der Waals surface area contributed by atoms with Crippen molar-refractivity contribution in [3.63, 3.8) is 0 Å². The number of amides is 1. The fourth-order valence-electron chi connectivity index (χ4n) is 3.75. The molecule has 3 rings (SSSR count). The number of carbonyl (C=O) groups excluding carboxylic acids is 1. The molecule has 0 aromatic heterocycles. The summed E-state index contributed by atoms with van der Waals surface area (Å²) in [6, 6.07) is 0. The Morgan fingerprint density at radius 3 is 2.89 bits per heavy atom. The molecule has 0 aromatic rings. The van der Waals surface area contributed by atoms with Gasteiger partial charge < -0.3 is 15.0 Å². The van der Waals surface area contributed by atoms with Crippen LogP contribution in [0.5, 0.6) is 0 Å². The van der Waals surface area contributed by atoms with Gasteiger partial charge in [-0.25, -0.2) is 0 Å². The molecule has 102 valence electrons. The molecule has 3 heterocycles. The van der Waals surface area contributed by atoms with Crippen LogP contribution in [0.3, 0.4) is 0 Å². The average molecular weight is 252 g/mol. The monoisotopic (exact) mass is 252 g/mol. The van der Waals surface area contributed by atoms with Crippen LogP contribution in [0.25, 0.3) is 0 Å². The van der Waals surface area contributed by atoms with Gasteiger partial charge in [-0.15, -0.1) is 0 Å². The fraction of sp³-hybridized carbons (Fsp3) is 0.929. The molecule has 1 amide bonds. The van der Waals surface area contributed by atoms with E-state index in [-0.39, 0.29) is 12.0 Å². The second-order valence-electron chi connectivity index (χ2n) is 6.15. The summed E-state index contributed by atoms with van der Waals surface area (Å²) in [5.41, 5.74) is 0.352. The minimum Gasteiger partial charge on any atom is -0.368 e. The van der Waals surface area contributed by atoms with E-state index in [0.29, 0.717) is 5.41 Å². The first-order valence-corrected chi connectivity index (χ1v) is 7.40. The SMILES string of the molecule is O=C(C1CCCO1)N1CCCC2(CCCNC2)C1. The minimum atomic E-state index is -0.142. The second-order valence-corrected chi connectivity index (χ2v) is 6.15. The Hall–Kier alpha value is -0.610. The summed E-state index contributed by atoms with van der Waals surface area (Å²) in [4.78, 5) is 14.5. The first-order valence-electron chi connectivity index (χ1n) is 7.40. The average Bonchev–Trinajstić information content (AvgIpc) is 2.93. The lowest BCUT2D eigenvalue weighted by Gasteiger charge is -2.45. The summed E-state index contributed by atoms with van der Waals surface area (Å²) in [7, 11) is 0. The van der Waals surface area contributed by atoms with Gasteiger partial charge in [0, 0.05) is 31.7 Å². The quantitative estimate of drug-likeness (QED) is 0.761. The van der Waals surface area contributed by atoms with Gasteiger partial charge in [0.2, 0.25) is 0 Å². The molecule has 0 bridgehead atoms. The molecule has 4 nitrogen and oxygen atoms in total. The number of nitrogens with zero attached hydrogens (tertiary/aromatic N) is 1. The van der Waals surface area contributed by atoms with Crippen molar-refractivity contribution in [3.8, 4) is 0 Å². The van der Waals surface area contributed by atoms with E-state index in [1.807, 2.05) is 0 Å². The first kappa shape index (κ1) is 12.4. The highest BCUT2D eigenvalue weighted by Crippen LogP contribution is 2.36. The number of likely N-dealkylation sites (tertiary alicyclic amines) is 1. The van der Waals surface area contributed by atoms with Crippen molar-refractivity contribution >= 4 is 5.91 Å². The van der Waals surface area contributed by atoms with E-state index in [2.05, 4.69) is 10.2 Å². The Kier molecular flexibility index (Phi) is 3.57. The van der Waals surface area contributed by atoms with Crippen molar-refractivity contribution in [3.05, 3.63) is 0 Å². The van der Waals surface area contributed by atoms with Gasteiger partial charge >= 0.3 is 0 Å². The van der Waals surface area contributed by atoms with E-state index in [1.165, 1.54) is 19.3 Å². The van der Waals surface area contributed by atoms with Crippen molar-refractivity contribution in [2.24, 2.45) is 5.41 Å². The summed E-state index contributed by atoms with van der Waals surface area (Å²) in [6.45, 7) is 4.86. The summed E-state index contributed by atoms with van der Waals surface area (Å²) in [5.74, 6) is 0.247. The molecule has 3 saturated heterocycles. The number of hydrogen-bond donors (Lipinski definition) is 1. The lowest BCUT2D eigenvalue weighted by atomic mass is 9.74. The molecule has 0 radical (unpaired) electrons. The van der Waals surface area contributed by atoms with Gasteiger partial charge in [-0.05, 0) is 45.1 Å². The molecule has 3 aliphatic rings. The zero-order chi connectivity index (χ0) is 12.4. The number of ether oxygens (including phenoxy) is 1. The van der Waals surface area contributed by atoms with E-state index in [1.54, 1.807) is 0 Å². The minimum absolute atomic E-state index is 0.142. The van der Waals surface area contributed by atoms with E-state index in [4.69, 9.17) is 4.74 Å². The van der Waals surface area contributed by atoms with Crippen molar-refractivity contribution in [2.45, 2.75) is 44.6 Å². The lowest BCUT2D eigenvalue weighted by molar-refractivity contribution is -0.144. The maximum absolute atomic E-state index is 12.4. The van der Waals surface area contributed by atoms with Gasteiger partial charge in [-0.3, -0.25) is 4.79 Å². The topological polar surface area (TPSA) is 41.6 Å². The Bertz CT molecular complexity index is 301. The number of nitrogens with one attached hydrogen (secondary N) is 1. The molecular weight excluding hydrogens is 228 g/mol. The van der Waals surface area contributed by atoms with E-state index >= 15 is 0 Å². The molecule has 18 heavy (non-hydrogen) atoms. The molecule has 2 atom stereocenters. The van der Waals surface area contributed by atoms with Gasteiger partial charge in [0.1, 0.15) is 6.10 Å². The summed E-state index contributed by atoms with van der Waals surface area (Å²) in [5, 5.41) is 3.51. The Morgan fingerprint density at radius 2 is 2.17 bits per heavy atom. The van der Waals surface area contributed by atoms with E-state index < -0.39 is 0 Å². The third-order valence-electron chi connectivity index (χ3n) is 4.74. The molecule has 3 aliphatic heterocycles. The highest BCUT2D eigenvalue weighted by molar-refractivity contribution is 5.81. The lowest BCUT2D eigenvalue weighted by Crippen LogP contribution is -2.54. The Labute approximate surface area is 109 Å². The van der Waals surface area contributed by atoms with Gasteiger partial charge in [0.25, 0.3) is 5.91 Å². The summed E-state index contributed by atoms with van der Waals surface area (Å²) >= 11 is 0. The van der Waals surface area contributed by atoms with Crippen LogP contribution in [0, 0.1) is 5.41 Å².